The highest BCUT2D eigenvalue weighted by Crippen LogP contribution is 2.43. The van der Waals surface area contributed by atoms with Crippen LogP contribution < -0.4 is 0 Å². The molecule has 90 valence electrons. The Kier molecular flexibility index (Phi) is 4.75. The summed E-state index contributed by atoms with van der Waals surface area (Å²) >= 11 is 18.4. The fourth-order valence-electron chi connectivity index (χ4n) is 1.50. The summed E-state index contributed by atoms with van der Waals surface area (Å²) in [5, 5.41) is 0. The number of benzene rings is 1. The first-order valence-corrected chi connectivity index (χ1v) is 8.53. The molecule has 1 aromatic heterocycles. The predicted molar refractivity (Wildman–Crippen MR) is 86.7 cm³/mol. The van der Waals surface area contributed by atoms with E-state index in [-0.39, 0.29) is 4.83 Å². The van der Waals surface area contributed by atoms with Crippen LogP contribution in [0.5, 0.6) is 0 Å². The molecule has 0 nitrogen and oxygen atoms in total. The Labute approximate surface area is 135 Å². The van der Waals surface area contributed by atoms with Gasteiger partial charge < -0.3 is 0 Å². The average molecular weight is 459 g/mol. The molecule has 0 radical (unpaired) electrons. The Morgan fingerprint density at radius 2 is 1.88 bits per heavy atom. The Bertz CT molecular complexity index is 531. The molecule has 5 heteroatoms. The fraction of sp³-hybridized carbons (Fsp3) is 0.167. The standard InChI is InChI=1S/C12H8Br3ClS/c1-6-2-3-8(13)7(4-6)11(15)10-5-9(14)12(16)17-10/h2-5,11H,1H3. The van der Waals surface area contributed by atoms with Gasteiger partial charge in [-0.15, -0.1) is 11.3 Å². The van der Waals surface area contributed by atoms with E-state index in [1.165, 1.54) is 16.0 Å². The number of rotatable bonds is 2. The third kappa shape index (κ3) is 3.16. The molecule has 0 aliphatic rings. The van der Waals surface area contributed by atoms with E-state index in [2.05, 4.69) is 79.0 Å². The van der Waals surface area contributed by atoms with E-state index < -0.39 is 0 Å². The van der Waals surface area contributed by atoms with Gasteiger partial charge in [0.1, 0.15) is 4.34 Å². The molecular formula is C12H8Br3ClS. The molecule has 0 bridgehead atoms. The first kappa shape index (κ1) is 14.1. The third-order valence-electron chi connectivity index (χ3n) is 2.34. The SMILES string of the molecule is Cc1ccc(Br)c(C(Br)c2cc(Br)c(Cl)s2)c1. The number of hydrogen-bond acceptors (Lipinski definition) is 1. The van der Waals surface area contributed by atoms with Crippen LogP contribution in [0.1, 0.15) is 20.8 Å². The van der Waals surface area contributed by atoms with Gasteiger partial charge in [0.2, 0.25) is 0 Å². The van der Waals surface area contributed by atoms with Crippen molar-refractivity contribution >= 4 is 70.7 Å². The van der Waals surface area contributed by atoms with Gasteiger partial charge in [0.25, 0.3) is 0 Å². The van der Waals surface area contributed by atoms with Gasteiger partial charge in [-0.3, -0.25) is 0 Å². The fourth-order valence-corrected chi connectivity index (χ4v) is 4.81. The number of halogens is 4. The Morgan fingerprint density at radius 1 is 1.18 bits per heavy atom. The van der Waals surface area contributed by atoms with E-state index in [1.54, 1.807) is 11.3 Å². The summed E-state index contributed by atoms with van der Waals surface area (Å²) in [6, 6.07) is 8.39. The van der Waals surface area contributed by atoms with E-state index in [4.69, 9.17) is 11.6 Å². The van der Waals surface area contributed by atoms with Crippen LogP contribution in [-0.4, -0.2) is 0 Å². The highest BCUT2D eigenvalue weighted by Gasteiger charge is 2.17. The van der Waals surface area contributed by atoms with Crippen molar-refractivity contribution in [3.8, 4) is 0 Å². The topological polar surface area (TPSA) is 0 Å². The van der Waals surface area contributed by atoms with Crippen molar-refractivity contribution in [3.63, 3.8) is 0 Å². The zero-order valence-electron chi connectivity index (χ0n) is 8.81. The van der Waals surface area contributed by atoms with Crippen LogP contribution in [-0.2, 0) is 0 Å². The summed E-state index contributed by atoms with van der Waals surface area (Å²) in [6.07, 6.45) is 0. The molecule has 0 amide bonds. The minimum atomic E-state index is 0.158. The third-order valence-corrected chi connectivity index (χ3v) is 6.89. The van der Waals surface area contributed by atoms with Crippen molar-refractivity contribution in [2.75, 3.05) is 0 Å². The number of thiophene rings is 1. The lowest BCUT2D eigenvalue weighted by Gasteiger charge is -2.11. The smallest absolute Gasteiger partial charge is 0.107 e. The van der Waals surface area contributed by atoms with Crippen LogP contribution in [0.3, 0.4) is 0 Å². The maximum Gasteiger partial charge on any atom is 0.107 e. The zero-order valence-corrected chi connectivity index (χ0v) is 15.1. The van der Waals surface area contributed by atoms with E-state index in [0.29, 0.717) is 0 Å². The molecule has 0 saturated carbocycles. The maximum absolute atomic E-state index is 6.07. The molecule has 0 N–H and O–H groups in total. The molecule has 0 fully saturated rings. The van der Waals surface area contributed by atoms with Gasteiger partial charge in [0, 0.05) is 13.8 Å². The van der Waals surface area contributed by atoms with Crippen LogP contribution in [0.15, 0.2) is 33.2 Å². The molecule has 17 heavy (non-hydrogen) atoms. The van der Waals surface area contributed by atoms with Gasteiger partial charge in [0.15, 0.2) is 0 Å². The van der Waals surface area contributed by atoms with Gasteiger partial charge in [0.05, 0.1) is 4.83 Å². The molecule has 1 unspecified atom stereocenters. The van der Waals surface area contributed by atoms with Crippen molar-refractivity contribution in [2.45, 2.75) is 11.8 Å². The van der Waals surface area contributed by atoms with Gasteiger partial charge in [-0.2, -0.15) is 0 Å². The molecule has 1 atom stereocenters. The molecule has 2 rings (SSSR count). The van der Waals surface area contributed by atoms with Crippen LogP contribution in [0.2, 0.25) is 4.34 Å². The van der Waals surface area contributed by atoms with Gasteiger partial charge >= 0.3 is 0 Å². The van der Waals surface area contributed by atoms with Gasteiger partial charge in [-0.25, -0.2) is 0 Å². The van der Waals surface area contributed by atoms with E-state index >= 15 is 0 Å². The second kappa shape index (κ2) is 5.74. The quantitative estimate of drug-likeness (QED) is 0.438. The van der Waals surface area contributed by atoms with E-state index in [0.717, 1.165) is 13.3 Å². The molecular weight excluding hydrogens is 451 g/mol. The number of aryl methyl sites for hydroxylation is 1. The van der Waals surface area contributed by atoms with Crippen molar-refractivity contribution in [3.05, 3.63) is 53.6 Å². The number of alkyl halides is 1. The first-order valence-electron chi connectivity index (χ1n) is 4.84. The number of hydrogen-bond donors (Lipinski definition) is 0. The van der Waals surface area contributed by atoms with Crippen molar-refractivity contribution in [1.29, 1.82) is 0 Å². The molecule has 1 heterocycles. The van der Waals surface area contributed by atoms with E-state index in [1.807, 2.05) is 0 Å². The highest BCUT2D eigenvalue weighted by atomic mass is 79.9. The highest BCUT2D eigenvalue weighted by molar-refractivity contribution is 9.11. The second-order valence-corrected chi connectivity index (χ2v) is 7.97. The van der Waals surface area contributed by atoms with Crippen LogP contribution in [0, 0.1) is 6.92 Å². The first-order chi connectivity index (χ1) is 7.99. The van der Waals surface area contributed by atoms with Crippen molar-refractivity contribution in [2.24, 2.45) is 0 Å². The Hall–Kier alpha value is 0.650. The minimum Gasteiger partial charge on any atom is -0.126 e. The molecule has 2 aromatic rings. The van der Waals surface area contributed by atoms with Gasteiger partial charge in [-0.1, -0.05) is 61.2 Å². The van der Waals surface area contributed by atoms with Crippen molar-refractivity contribution < 1.29 is 0 Å². The van der Waals surface area contributed by atoms with Crippen LogP contribution in [0.4, 0.5) is 0 Å². The van der Waals surface area contributed by atoms with Crippen molar-refractivity contribution in [1.82, 2.24) is 0 Å². The van der Waals surface area contributed by atoms with Crippen LogP contribution in [0.25, 0.3) is 0 Å². The Morgan fingerprint density at radius 3 is 2.47 bits per heavy atom. The summed E-state index contributed by atoms with van der Waals surface area (Å²) in [5.41, 5.74) is 2.46. The lowest BCUT2D eigenvalue weighted by atomic mass is 10.1. The largest absolute Gasteiger partial charge is 0.126 e. The zero-order chi connectivity index (χ0) is 12.6. The monoisotopic (exact) mass is 456 g/mol. The summed E-state index contributed by atoms with van der Waals surface area (Å²) in [6.45, 7) is 2.09. The molecule has 0 spiro atoms. The molecule has 0 aliphatic carbocycles. The normalized spacial score (nSPS) is 12.8. The summed E-state index contributed by atoms with van der Waals surface area (Å²) in [4.78, 5) is 1.35. The average Bonchev–Trinajstić information content (AvgIpc) is 2.62. The second-order valence-electron chi connectivity index (χ2n) is 3.66. The molecule has 1 aromatic carbocycles. The molecule has 0 aliphatic heterocycles. The van der Waals surface area contributed by atoms with Crippen LogP contribution >= 0.6 is 70.7 Å². The summed E-state index contributed by atoms with van der Waals surface area (Å²) in [7, 11) is 0. The predicted octanol–water partition coefficient (Wildman–Crippen LogP) is 6.72. The lowest BCUT2D eigenvalue weighted by molar-refractivity contribution is 1.19. The summed E-state index contributed by atoms with van der Waals surface area (Å²) in [5.74, 6) is 0. The maximum atomic E-state index is 6.07. The summed E-state index contributed by atoms with van der Waals surface area (Å²) < 4.78 is 2.84. The molecule has 0 saturated heterocycles. The lowest BCUT2D eigenvalue weighted by Crippen LogP contribution is -1.92. The van der Waals surface area contributed by atoms with E-state index in [9.17, 15) is 0 Å². The minimum absolute atomic E-state index is 0.158. The van der Waals surface area contributed by atoms with Gasteiger partial charge in [-0.05, 0) is 40.5 Å². The Balaban J connectivity index is 2.42.